The molecule has 0 spiro atoms. The van der Waals surface area contributed by atoms with E-state index in [9.17, 15) is 0 Å². The Hall–Kier alpha value is -1.18. The summed E-state index contributed by atoms with van der Waals surface area (Å²) in [4.78, 5) is 0. The van der Waals surface area contributed by atoms with Gasteiger partial charge in [-0.3, -0.25) is 0 Å². The van der Waals surface area contributed by atoms with Crippen LogP contribution in [-0.2, 0) is 0 Å². The number of nitrogen functional groups attached to an aromatic ring is 1. The first-order valence-electron chi connectivity index (χ1n) is 5.79. The van der Waals surface area contributed by atoms with Gasteiger partial charge < -0.3 is 10.5 Å². The molecule has 1 unspecified atom stereocenters. The summed E-state index contributed by atoms with van der Waals surface area (Å²) in [6.07, 6.45) is 4.88. The zero-order valence-corrected chi connectivity index (χ0v) is 9.70. The number of unbranched alkanes of at least 4 members (excludes halogenated alkanes) is 1. The highest BCUT2D eigenvalue weighted by atomic mass is 16.5. The molecule has 0 aromatic heterocycles. The molecule has 1 aromatic rings. The van der Waals surface area contributed by atoms with Gasteiger partial charge in [-0.05, 0) is 25.0 Å². The van der Waals surface area contributed by atoms with Gasteiger partial charge in [0.2, 0.25) is 0 Å². The van der Waals surface area contributed by atoms with Crippen LogP contribution in [0.4, 0.5) is 5.69 Å². The zero-order chi connectivity index (χ0) is 11.1. The minimum absolute atomic E-state index is 0.301. The van der Waals surface area contributed by atoms with Crippen molar-refractivity contribution >= 4 is 5.69 Å². The van der Waals surface area contributed by atoms with Crippen molar-refractivity contribution in [1.29, 1.82) is 0 Å². The normalized spacial score (nSPS) is 12.4. The van der Waals surface area contributed by atoms with Gasteiger partial charge >= 0.3 is 0 Å². The van der Waals surface area contributed by atoms with E-state index < -0.39 is 0 Å². The van der Waals surface area contributed by atoms with Gasteiger partial charge in [-0.25, -0.2) is 0 Å². The number of anilines is 1. The fourth-order valence-electron chi connectivity index (χ4n) is 1.55. The fourth-order valence-corrected chi connectivity index (χ4v) is 1.55. The quantitative estimate of drug-likeness (QED) is 0.723. The maximum atomic E-state index is 5.87. The van der Waals surface area contributed by atoms with E-state index >= 15 is 0 Å². The summed E-state index contributed by atoms with van der Waals surface area (Å²) < 4.78 is 5.87. The lowest BCUT2D eigenvalue weighted by Crippen LogP contribution is -2.15. The number of benzene rings is 1. The monoisotopic (exact) mass is 207 g/mol. The molecule has 1 aromatic carbocycles. The Bertz CT molecular complexity index is 286. The third-order valence-corrected chi connectivity index (χ3v) is 2.55. The lowest BCUT2D eigenvalue weighted by molar-refractivity contribution is 0.184. The predicted molar refractivity (Wildman–Crippen MR) is 65.1 cm³/mol. The van der Waals surface area contributed by atoms with Crippen LogP contribution in [0.15, 0.2) is 24.3 Å². The maximum Gasteiger partial charge on any atom is 0.142 e. The number of para-hydroxylation sites is 2. The van der Waals surface area contributed by atoms with Crippen LogP contribution in [0.1, 0.15) is 39.5 Å². The highest BCUT2D eigenvalue weighted by molar-refractivity contribution is 5.51. The minimum Gasteiger partial charge on any atom is -0.488 e. The van der Waals surface area contributed by atoms with Crippen LogP contribution in [0.3, 0.4) is 0 Å². The summed E-state index contributed by atoms with van der Waals surface area (Å²) in [7, 11) is 0. The Morgan fingerprint density at radius 2 is 2.00 bits per heavy atom. The molecule has 0 heterocycles. The smallest absolute Gasteiger partial charge is 0.142 e. The molecule has 2 N–H and O–H groups in total. The molecular formula is C13H21NO. The van der Waals surface area contributed by atoms with Gasteiger partial charge in [-0.2, -0.15) is 0 Å². The topological polar surface area (TPSA) is 35.2 Å². The number of ether oxygens (including phenoxy) is 1. The standard InChI is InChI=1S/C13H21NO/c1-3-5-8-11(4-2)15-13-10-7-6-9-12(13)14/h6-7,9-11H,3-5,8,14H2,1-2H3. The van der Waals surface area contributed by atoms with E-state index in [0.29, 0.717) is 6.10 Å². The molecule has 84 valence electrons. The van der Waals surface area contributed by atoms with E-state index in [1.54, 1.807) is 0 Å². The number of rotatable bonds is 6. The largest absolute Gasteiger partial charge is 0.488 e. The van der Waals surface area contributed by atoms with Crippen molar-refractivity contribution in [3.05, 3.63) is 24.3 Å². The van der Waals surface area contributed by atoms with Crippen LogP contribution in [0.5, 0.6) is 5.75 Å². The Labute approximate surface area is 92.4 Å². The molecule has 0 aliphatic heterocycles. The van der Waals surface area contributed by atoms with E-state index in [1.807, 2.05) is 24.3 Å². The van der Waals surface area contributed by atoms with Crippen LogP contribution in [-0.4, -0.2) is 6.10 Å². The van der Waals surface area contributed by atoms with E-state index in [0.717, 1.165) is 24.3 Å². The van der Waals surface area contributed by atoms with Gasteiger partial charge in [0.05, 0.1) is 11.8 Å². The van der Waals surface area contributed by atoms with Crippen molar-refractivity contribution in [2.45, 2.75) is 45.6 Å². The Morgan fingerprint density at radius 3 is 2.60 bits per heavy atom. The Balaban J connectivity index is 2.54. The lowest BCUT2D eigenvalue weighted by Gasteiger charge is -2.18. The van der Waals surface area contributed by atoms with Gasteiger partial charge in [0.15, 0.2) is 0 Å². The second kappa shape index (κ2) is 6.33. The van der Waals surface area contributed by atoms with E-state index in [-0.39, 0.29) is 0 Å². The van der Waals surface area contributed by atoms with Crippen LogP contribution in [0.2, 0.25) is 0 Å². The average molecular weight is 207 g/mol. The molecule has 1 rings (SSSR count). The van der Waals surface area contributed by atoms with E-state index in [1.165, 1.54) is 12.8 Å². The van der Waals surface area contributed by atoms with Gasteiger partial charge in [0.1, 0.15) is 5.75 Å². The molecule has 0 radical (unpaired) electrons. The first-order chi connectivity index (χ1) is 7.27. The summed E-state index contributed by atoms with van der Waals surface area (Å²) in [6, 6.07) is 7.69. The number of hydrogen-bond acceptors (Lipinski definition) is 2. The van der Waals surface area contributed by atoms with Gasteiger partial charge in [0, 0.05) is 0 Å². The third kappa shape index (κ3) is 3.82. The molecule has 0 aliphatic carbocycles. The summed E-state index contributed by atoms with van der Waals surface area (Å²) >= 11 is 0. The van der Waals surface area contributed by atoms with Crippen molar-refractivity contribution < 1.29 is 4.74 Å². The van der Waals surface area contributed by atoms with Crippen molar-refractivity contribution in [3.8, 4) is 5.75 Å². The van der Waals surface area contributed by atoms with Crippen molar-refractivity contribution in [1.82, 2.24) is 0 Å². The van der Waals surface area contributed by atoms with Crippen LogP contribution in [0.25, 0.3) is 0 Å². The Morgan fingerprint density at radius 1 is 1.27 bits per heavy atom. The van der Waals surface area contributed by atoms with E-state index in [4.69, 9.17) is 10.5 Å². The van der Waals surface area contributed by atoms with Gasteiger partial charge in [-0.15, -0.1) is 0 Å². The maximum absolute atomic E-state index is 5.87. The summed E-state index contributed by atoms with van der Waals surface area (Å²) in [5.41, 5.74) is 6.56. The fraction of sp³-hybridized carbons (Fsp3) is 0.538. The van der Waals surface area contributed by atoms with Crippen LogP contribution < -0.4 is 10.5 Å². The zero-order valence-electron chi connectivity index (χ0n) is 9.70. The first-order valence-corrected chi connectivity index (χ1v) is 5.79. The minimum atomic E-state index is 0.301. The molecule has 2 heteroatoms. The number of hydrogen-bond donors (Lipinski definition) is 1. The number of nitrogens with two attached hydrogens (primary N) is 1. The van der Waals surface area contributed by atoms with Crippen molar-refractivity contribution in [2.24, 2.45) is 0 Å². The molecule has 0 aliphatic rings. The second-order valence-electron chi connectivity index (χ2n) is 3.83. The van der Waals surface area contributed by atoms with Crippen LogP contribution in [0, 0.1) is 0 Å². The van der Waals surface area contributed by atoms with Crippen LogP contribution >= 0.6 is 0 Å². The average Bonchev–Trinajstić information content (AvgIpc) is 2.26. The summed E-state index contributed by atoms with van der Waals surface area (Å²) in [5, 5.41) is 0. The van der Waals surface area contributed by atoms with Crippen molar-refractivity contribution in [2.75, 3.05) is 5.73 Å². The third-order valence-electron chi connectivity index (χ3n) is 2.55. The molecular weight excluding hydrogens is 186 g/mol. The molecule has 15 heavy (non-hydrogen) atoms. The summed E-state index contributed by atoms with van der Waals surface area (Å²) in [6.45, 7) is 4.35. The summed E-state index contributed by atoms with van der Waals surface area (Å²) in [5.74, 6) is 0.820. The SMILES string of the molecule is CCCCC(CC)Oc1ccccc1N. The highest BCUT2D eigenvalue weighted by Crippen LogP contribution is 2.23. The molecule has 0 amide bonds. The molecule has 0 saturated heterocycles. The van der Waals surface area contributed by atoms with Gasteiger partial charge in [0.25, 0.3) is 0 Å². The molecule has 0 fully saturated rings. The molecule has 2 nitrogen and oxygen atoms in total. The lowest BCUT2D eigenvalue weighted by atomic mass is 10.1. The Kier molecular flexibility index (Phi) is 5.02. The highest BCUT2D eigenvalue weighted by Gasteiger charge is 2.08. The second-order valence-corrected chi connectivity index (χ2v) is 3.83. The predicted octanol–water partition coefficient (Wildman–Crippen LogP) is 3.62. The van der Waals surface area contributed by atoms with Crippen molar-refractivity contribution in [3.63, 3.8) is 0 Å². The van der Waals surface area contributed by atoms with E-state index in [2.05, 4.69) is 13.8 Å². The molecule has 1 atom stereocenters. The molecule has 0 bridgehead atoms. The van der Waals surface area contributed by atoms with Gasteiger partial charge in [-0.1, -0.05) is 38.8 Å². The first kappa shape index (κ1) is 11.9. The molecule has 0 saturated carbocycles.